The highest BCUT2D eigenvalue weighted by atomic mass is 16.5. The van der Waals surface area contributed by atoms with Crippen molar-refractivity contribution >= 4 is 11.7 Å². The normalized spacial score (nSPS) is 10.3. The van der Waals surface area contributed by atoms with Gasteiger partial charge in [0, 0.05) is 20.1 Å². The second-order valence-electron chi connectivity index (χ2n) is 6.15. The molecule has 0 atom stereocenters. The molecule has 0 aliphatic rings. The summed E-state index contributed by atoms with van der Waals surface area (Å²) in [6.07, 6.45) is 0. The number of rotatable bonds is 7. The average molecular weight is 362 g/mol. The van der Waals surface area contributed by atoms with Crippen LogP contribution in [0.4, 0.5) is 5.82 Å². The van der Waals surface area contributed by atoms with Gasteiger partial charge in [-0.05, 0) is 35.4 Å². The molecule has 2 aromatic carbocycles. The summed E-state index contributed by atoms with van der Waals surface area (Å²) in [5.74, 6) is 1.28. The summed E-state index contributed by atoms with van der Waals surface area (Å²) in [7, 11) is 3.40. The number of ether oxygens (including phenoxy) is 1. The molecule has 6 heteroatoms. The third-order valence-corrected chi connectivity index (χ3v) is 4.13. The summed E-state index contributed by atoms with van der Waals surface area (Å²) in [5, 5.41) is 11.4. The van der Waals surface area contributed by atoms with E-state index in [1.165, 1.54) is 0 Å². The molecule has 1 amide bonds. The summed E-state index contributed by atoms with van der Waals surface area (Å²) in [6, 6.07) is 21.1. The van der Waals surface area contributed by atoms with Crippen LogP contribution in [0.3, 0.4) is 0 Å². The molecule has 1 N–H and O–H groups in total. The number of hydrogen-bond donors (Lipinski definition) is 1. The minimum atomic E-state index is -0.159. The zero-order valence-corrected chi connectivity index (χ0v) is 15.4. The lowest BCUT2D eigenvalue weighted by atomic mass is 10.2. The molecule has 0 bridgehead atoms. The molecule has 0 saturated carbocycles. The van der Waals surface area contributed by atoms with Crippen molar-refractivity contribution in [2.24, 2.45) is 0 Å². The van der Waals surface area contributed by atoms with E-state index in [2.05, 4.69) is 15.5 Å². The van der Waals surface area contributed by atoms with E-state index in [-0.39, 0.29) is 5.91 Å². The summed E-state index contributed by atoms with van der Waals surface area (Å²) in [6.45, 7) is 1.14. The molecular weight excluding hydrogens is 340 g/mol. The van der Waals surface area contributed by atoms with Gasteiger partial charge < -0.3 is 15.0 Å². The Morgan fingerprint density at radius 3 is 2.33 bits per heavy atom. The van der Waals surface area contributed by atoms with E-state index in [1.807, 2.05) is 54.6 Å². The van der Waals surface area contributed by atoms with Crippen LogP contribution in [0.5, 0.6) is 5.75 Å². The van der Waals surface area contributed by atoms with Crippen LogP contribution in [-0.2, 0) is 13.1 Å². The van der Waals surface area contributed by atoms with Gasteiger partial charge in [-0.2, -0.15) is 0 Å². The van der Waals surface area contributed by atoms with Crippen molar-refractivity contribution in [2.75, 3.05) is 19.5 Å². The van der Waals surface area contributed by atoms with Gasteiger partial charge in [0.15, 0.2) is 5.69 Å². The average Bonchev–Trinajstić information content (AvgIpc) is 2.73. The van der Waals surface area contributed by atoms with E-state index in [1.54, 1.807) is 31.2 Å². The van der Waals surface area contributed by atoms with Gasteiger partial charge >= 0.3 is 0 Å². The van der Waals surface area contributed by atoms with Gasteiger partial charge in [0.05, 0.1) is 7.11 Å². The first-order chi connectivity index (χ1) is 13.2. The van der Waals surface area contributed by atoms with E-state index < -0.39 is 0 Å². The lowest BCUT2D eigenvalue weighted by Crippen LogP contribution is -2.27. The van der Waals surface area contributed by atoms with E-state index in [0.717, 1.165) is 16.9 Å². The van der Waals surface area contributed by atoms with Crippen LogP contribution in [0, 0.1) is 0 Å². The maximum atomic E-state index is 12.5. The molecule has 0 fully saturated rings. The second kappa shape index (κ2) is 8.80. The van der Waals surface area contributed by atoms with Crippen molar-refractivity contribution in [1.82, 2.24) is 15.1 Å². The fourth-order valence-corrected chi connectivity index (χ4v) is 2.60. The Hall–Kier alpha value is -3.41. The van der Waals surface area contributed by atoms with Crippen molar-refractivity contribution in [2.45, 2.75) is 13.1 Å². The summed E-state index contributed by atoms with van der Waals surface area (Å²) in [4.78, 5) is 14.1. The molecule has 27 heavy (non-hydrogen) atoms. The molecule has 3 aromatic rings. The molecule has 138 valence electrons. The zero-order valence-electron chi connectivity index (χ0n) is 15.4. The molecule has 6 nitrogen and oxygen atoms in total. The van der Waals surface area contributed by atoms with Crippen LogP contribution in [0.1, 0.15) is 21.6 Å². The molecule has 0 saturated heterocycles. The lowest BCUT2D eigenvalue weighted by Gasteiger charge is -2.16. The number of hydrogen-bond acceptors (Lipinski definition) is 5. The first-order valence-corrected chi connectivity index (χ1v) is 8.65. The standard InChI is InChI=1S/C21H22N4O2/c1-25(15-17-6-4-3-5-7-17)21(26)19-12-13-20(24-23-19)22-14-16-8-10-18(27-2)11-9-16/h3-13H,14-15H2,1-2H3,(H,22,24). The Morgan fingerprint density at radius 1 is 0.963 bits per heavy atom. The molecule has 0 aliphatic heterocycles. The highest BCUT2D eigenvalue weighted by Crippen LogP contribution is 2.13. The number of carbonyl (C=O) groups excluding carboxylic acids is 1. The number of methoxy groups -OCH3 is 1. The number of nitrogens with one attached hydrogen (secondary N) is 1. The van der Waals surface area contributed by atoms with Crippen LogP contribution in [0.2, 0.25) is 0 Å². The number of nitrogens with zero attached hydrogens (tertiary/aromatic N) is 3. The highest BCUT2D eigenvalue weighted by Gasteiger charge is 2.14. The number of aromatic nitrogens is 2. The van der Waals surface area contributed by atoms with E-state index in [4.69, 9.17) is 4.74 Å². The Labute approximate surface area is 158 Å². The SMILES string of the molecule is COc1ccc(CNc2ccc(C(=O)N(C)Cc3ccccc3)nn2)cc1. The number of amides is 1. The number of benzene rings is 2. The first-order valence-electron chi connectivity index (χ1n) is 8.65. The smallest absolute Gasteiger partial charge is 0.274 e. The van der Waals surface area contributed by atoms with E-state index in [0.29, 0.717) is 24.6 Å². The maximum Gasteiger partial charge on any atom is 0.274 e. The lowest BCUT2D eigenvalue weighted by molar-refractivity contribution is 0.0778. The van der Waals surface area contributed by atoms with Crippen molar-refractivity contribution in [1.29, 1.82) is 0 Å². The molecule has 1 aromatic heterocycles. The van der Waals surface area contributed by atoms with Gasteiger partial charge in [-0.3, -0.25) is 4.79 Å². The largest absolute Gasteiger partial charge is 0.497 e. The minimum absolute atomic E-state index is 0.159. The van der Waals surface area contributed by atoms with Crippen molar-refractivity contribution in [3.05, 3.63) is 83.6 Å². The Bertz CT molecular complexity index is 865. The van der Waals surface area contributed by atoms with Gasteiger partial charge in [0.2, 0.25) is 0 Å². The molecule has 0 spiro atoms. The van der Waals surface area contributed by atoms with Gasteiger partial charge in [-0.25, -0.2) is 0 Å². The van der Waals surface area contributed by atoms with Gasteiger partial charge in [0.1, 0.15) is 11.6 Å². The van der Waals surface area contributed by atoms with Crippen LogP contribution >= 0.6 is 0 Å². The zero-order chi connectivity index (χ0) is 19.1. The fraction of sp³-hybridized carbons (Fsp3) is 0.190. The Kier molecular flexibility index (Phi) is 5.99. The van der Waals surface area contributed by atoms with Gasteiger partial charge in [-0.15, -0.1) is 10.2 Å². The van der Waals surface area contributed by atoms with Crippen molar-refractivity contribution in [3.63, 3.8) is 0 Å². The number of carbonyl (C=O) groups is 1. The topological polar surface area (TPSA) is 67.3 Å². The predicted molar refractivity (Wildman–Crippen MR) is 105 cm³/mol. The molecule has 0 unspecified atom stereocenters. The molecule has 1 heterocycles. The molecule has 0 radical (unpaired) electrons. The van der Waals surface area contributed by atoms with Crippen molar-refractivity contribution < 1.29 is 9.53 Å². The quantitative estimate of drug-likeness (QED) is 0.698. The van der Waals surface area contributed by atoms with Gasteiger partial charge in [0.25, 0.3) is 5.91 Å². The first kappa shape index (κ1) is 18.4. The summed E-state index contributed by atoms with van der Waals surface area (Å²) in [5.41, 5.74) is 2.49. The van der Waals surface area contributed by atoms with Crippen LogP contribution in [0.25, 0.3) is 0 Å². The maximum absolute atomic E-state index is 12.5. The van der Waals surface area contributed by atoms with Gasteiger partial charge in [-0.1, -0.05) is 42.5 Å². The second-order valence-corrected chi connectivity index (χ2v) is 6.15. The van der Waals surface area contributed by atoms with Crippen LogP contribution in [-0.4, -0.2) is 35.2 Å². The molecule has 3 rings (SSSR count). The molecule has 0 aliphatic carbocycles. The highest BCUT2D eigenvalue weighted by molar-refractivity contribution is 5.92. The third kappa shape index (κ3) is 5.04. The third-order valence-electron chi connectivity index (χ3n) is 4.13. The minimum Gasteiger partial charge on any atom is -0.497 e. The predicted octanol–water partition coefficient (Wildman–Crippen LogP) is 3.37. The van der Waals surface area contributed by atoms with E-state index in [9.17, 15) is 4.79 Å². The monoisotopic (exact) mass is 362 g/mol. The number of anilines is 1. The summed E-state index contributed by atoms with van der Waals surface area (Å²) < 4.78 is 5.15. The summed E-state index contributed by atoms with van der Waals surface area (Å²) >= 11 is 0. The van der Waals surface area contributed by atoms with Crippen molar-refractivity contribution in [3.8, 4) is 5.75 Å². The fourth-order valence-electron chi connectivity index (χ4n) is 2.60. The van der Waals surface area contributed by atoms with E-state index >= 15 is 0 Å². The van der Waals surface area contributed by atoms with Crippen LogP contribution < -0.4 is 10.1 Å². The molecular formula is C21H22N4O2. The Balaban J connectivity index is 1.56. The van der Waals surface area contributed by atoms with Crippen LogP contribution in [0.15, 0.2) is 66.7 Å². The Morgan fingerprint density at radius 2 is 1.70 bits per heavy atom.